The molecule has 12 heavy (non-hydrogen) atoms. The average Bonchev–Trinajstić information content (AvgIpc) is 1.97. The third kappa shape index (κ3) is 1.45. The van der Waals surface area contributed by atoms with Crippen LogP contribution in [0.1, 0.15) is 40.0 Å². The van der Waals surface area contributed by atoms with E-state index in [-0.39, 0.29) is 5.41 Å². The molecule has 1 rings (SSSR count). The minimum Gasteiger partial charge on any atom is -0.299 e. The van der Waals surface area contributed by atoms with Gasteiger partial charge in [-0.25, -0.2) is 0 Å². The summed E-state index contributed by atoms with van der Waals surface area (Å²) in [6.07, 6.45) is 2.89. The van der Waals surface area contributed by atoms with E-state index in [9.17, 15) is 4.79 Å². The summed E-state index contributed by atoms with van der Waals surface area (Å²) in [6.45, 7) is 10.1. The van der Waals surface area contributed by atoms with Gasteiger partial charge in [-0.3, -0.25) is 4.79 Å². The SMILES string of the molecule is C=C(C)[C@]1(C)CCC(C)CC1=O. The lowest BCUT2D eigenvalue weighted by atomic mass is 9.68. The Labute approximate surface area is 74.9 Å². The molecule has 0 aromatic heterocycles. The molecule has 1 heteroatoms. The maximum Gasteiger partial charge on any atom is 0.143 e. The smallest absolute Gasteiger partial charge is 0.143 e. The standard InChI is InChI=1S/C11H18O/c1-8(2)11(4)6-5-9(3)7-10(11)12/h9H,1,5-7H2,2-4H3/t9?,11-/m0/s1. The summed E-state index contributed by atoms with van der Waals surface area (Å²) < 4.78 is 0. The Morgan fingerprint density at radius 1 is 1.67 bits per heavy atom. The van der Waals surface area contributed by atoms with Crippen molar-refractivity contribution in [3.63, 3.8) is 0 Å². The van der Waals surface area contributed by atoms with Gasteiger partial charge in [-0.15, -0.1) is 0 Å². The quantitative estimate of drug-likeness (QED) is 0.547. The summed E-state index contributed by atoms with van der Waals surface area (Å²) in [5.74, 6) is 0.957. The number of ketones is 1. The van der Waals surface area contributed by atoms with Gasteiger partial charge in [0.15, 0.2) is 0 Å². The van der Waals surface area contributed by atoms with Gasteiger partial charge in [-0.2, -0.15) is 0 Å². The van der Waals surface area contributed by atoms with Gasteiger partial charge in [-0.1, -0.05) is 19.1 Å². The molecule has 1 unspecified atom stereocenters. The fraction of sp³-hybridized carbons (Fsp3) is 0.727. The fourth-order valence-corrected chi connectivity index (χ4v) is 1.77. The highest BCUT2D eigenvalue weighted by atomic mass is 16.1. The van der Waals surface area contributed by atoms with Crippen LogP contribution in [0.5, 0.6) is 0 Å². The molecule has 0 saturated heterocycles. The van der Waals surface area contributed by atoms with Gasteiger partial charge in [0.1, 0.15) is 5.78 Å². The Hall–Kier alpha value is -0.590. The second kappa shape index (κ2) is 3.04. The largest absolute Gasteiger partial charge is 0.299 e. The van der Waals surface area contributed by atoms with Crippen LogP contribution in [0.15, 0.2) is 12.2 Å². The molecular formula is C11H18O. The van der Waals surface area contributed by atoms with Crippen LogP contribution in [0.3, 0.4) is 0 Å². The van der Waals surface area contributed by atoms with E-state index in [1.54, 1.807) is 0 Å². The van der Waals surface area contributed by atoms with Crippen LogP contribution in [0.2, 0.25) is 0 Å². The summed E-state index contributed by atoms with van der Waals surface area (Å²) in [4.78, 5) is 11.7. The third-order valence-electron chi connectivity index (χ3n) is 3.23. The van der Waals surface area contributed by atoms with Gasteiger partial charge in [0.25, 0.3) is 0 Å². The van der Waals surface area contributed by atoms with Crippen LogP contribution in [-0.4, -0.2) is 5.78 Å². The molecule has 1 saturated carbocycles. The molecule has 1 nitrogen and oxygen atoms in total. The summed E-state index contributed by atoms with van der Waals surface area (Å²) in [7, 11) is 0. The number of allylic oxidation sites excluding steroid dienone is 1. The molecule has 1 aliphatic rings. The van der Waals surface area contributed by atoms with Crippen molar-refractivity contribution < 1.29 is 4.79 Å². The molecule has 0 radical (unpaired) electrons. The van der Waals surface area contributed by atoms with Gasteiger partial charge in [-0.05, 0) is 32.6 Å². The summed E-state index contributed by atoms with van der Waals surface area (Å²) >= 11 is 0. The maximum atomic E-state index is 11.7. The van der Waals surface area contributed by atoms with E-state index >= 15 is 0 Å². The van der Waals surface area contributed by atoms with Crippen molar-refractivity contribution in [2.24, 2.45) is 11.3 Å². The van der Waals surface area contributed by atoms with E-state index in [0.29, 0.717) is 11.7 Å². The molecule has 0 heterocycles. The molecule has 0 aliphatic heterocycles. The van der Waals surface area contributed by atoms with Crippen molar-refractivity contribution >= 4 is 5.78 Å². The van der Waals surface area contributed by atoms with Crippen LogP contribution in [-0.2, 0) is 4.79 Å². The molecular weight excluding hydrogens is 148 g/mol. The Morgan fingerprint density at radius 2 is 2.25 bits per heavy atom. The number of Topliss-reactive ketones (excluding diaryl/α,β-unsaturated/α-hetero) is 1. The van der Waals surface area contributed by atoms with Crippen LogP contribution in [0, 0.1) is 11.3 Å². The van der Waals surface area contributed by atoms with E-state index < -0.39 is 0 Å². The van der Waals surface area contributed by atoms with E-state index in [0.717, 1.165) is 24.8 Å². The number of hydrogen-bond acceptors (Lipinski definition) is 1. The Morgan fingerprint density at radius 3 is 2.67 bits per heavy atom. The van der Waals surface area contributed by atoms with Gasteiger partial charge >= 0.3 is 0 Å². The molecule has 0 spiro atoms. The Kier molecular flexibility index (Phi) is 2.41. The van der Waals surface area contributed by atoms with Crippen LogP contribution >= 0.6 is 0 Å². The monoisotopic (exact) mass is 166 g/mol. The van der Waals surface area contributed by atoms with E-state index in [1.165, 1.54) is 0 Å². The molecule has 0 aromatic rings. The number of carbonyl (C=O) groups excluding carboxylic acids is 1. The van der Waals surface area contributed by atoms with E-state index in [4.69, 9.17) is 0 Å². The van der Waals surface area contributed by atoms with Gasteiger partial charge in [0.05, 0.1) is 0 Å². The summed E-state index contributed by atoms with van der Waals surface area (Å²) in [5, 5.41) is 0. The lowest BCUT2D eigenvalue weighted by Crippen LogP contribution is -2.34. The van der Waals surface area contributed by atoms with Crippen molar-refractivity contribution in [2.45, 2.75) is 40.0 Å². The number of rotatable bonds is 1. The Bertz CT molecular complexity index is 217. The maximum absolute atomic E-state index is 11.7. The predicted octanol–water partition coefficient (Wildman–Crippen LogP) is 2.96. The second-order valence-electron chi connectivity index (χ2n) is 4.38. The topological polar surface area (TPSA) is 17.1 Å². The van der Waals surface area contributed by atoms with Crippen LogP contribution in [0.25, 0.3) is 0 Å². The average molecular weight is 166 g/mol. The van der Waals surface area contributed by atoms with Gasteiger partial charge < -0.3 is 0 Å². The van der Waals surface area contributed by atoms with E-state index in [1.807, 2.05) is 13.8 Å². The van der Waals surface area contributed by atoms with Gasteiger partial charge in [0, 0.05) is 11.8 Å². The zero-order chi connectivity index (χ0) is 9.35. The first kappa shape index (κ1) is 9.50. The van der Waals surface area contributed by atoms with Crippen molar-refractivity contribution in [1.29, 1.82) is 0 Å². The van der Waals surface area contributed by atoms with Crippen molar-refractivity contribution in [1.82, 2.24) is 0 Å². The highest BCUT2D eigenvalue weighted by molar-refractivity contribution is 5.88. The van der Waals surface area contributed by atoms with Crippen LogP contribution < -0.4 is 0 Å². The zero-order valence-corrected chi connectivity index (χ0v) is 8.31. The molecule has 68 valence electrons. The Balaban J connectivity index is 2.80. The molecule has 1 aliphatic carbocycles. The number of hydrogen-bond donors (Lipinski definition) is 0. The normalized spacial score (nSPS) is 36.6. The van der Waals surface area contributed by atoms with Crippen molar-refractivity contribution in [3.8, 4) is 0 Å². The van der Waals surface area contributed by atoms with Crippen molar-refractivity contribution in [2.75, 3.05) is 0 Å². The van der Waals surface area contributed by atoms with Crippen LogP contribution in [0.4, 0.5) is 0 Å². The minimum atomic E-state index is -0.216. The highest BCUT2D eigenvalue weighted by Gasteiger charge is 2.37. The molecule has 0 N–H and O–H groups in total. The molecule has 0 aromatic carbocycles. The van der Waals surface area contributed by atoms with Gasteiger partial charge in [0.2, 0.25) is 0 Å². The lowest BCUT2D eigenvalue weighted by molar-refractivity contribution is -0.129. The predicted molar refractivity (Wildman–Crippen MR) is 50.9 cm³/mol. The second-order valence-corrected chi connectivity index (χ2v) is 4.38. The zero-order valence-electron chi connectivity index (χ0n) is 8.31. The molecule has 2 atom stereocenters. The summed E-state index contributed by atoms with van der Waals surface area (Å²) in [5.41, 5.74) is 0.811. The first-order valence-corrected chi connectivity index (χ1v) is 4.66. The first-order valence-electron chi connectivity index (χ1n) is 4.66. The minimum absolute atomic E-state index is 0.216. The highest BCUT2D eigenvalue weighted by Crippen LogP contribution is 2.40. The molecule has 1 fully saturated rings. The molecule has 0 bridgehead atoms. The summed E-state index contributed by atoms with van der Waals surface area (Å²) in [6, 6.07) is 0. The molecule has 0 amide bonds. The first-order chi connectivity index (χ1) is 5.47. The fourth-order valence-electron chi connectivity index (χ4n) is 1.77. The lowest BCUT2D eigenvalue weighted by Gasteiger charge is -2.35. The van der Waals surface area contributed by atoms with E-state index in [2.05, 4.69) is 13.5 Å². The number of carbonyl (C=O) groups is 1. The third-order valence-corrected chi connectivity index (χ3v) is 3.23. The van der Waals surface area contributed by atoms with Crippen molar-refractivity contribution in [3.05, 3.63) is 12.2 Å².